The van der Waals surface area contributed by atoms with Crippen LogP contribution in [-0.4, -0.2) is 26.4 Å². The minimum Gasteiger partial charge on any atom is -0.495 e. The zero-order chi connectivity index (χ0) is 18.4. The van der Waals surface area contributed by atoms with E-state index in [1.807, 2.05) is 45.0 Å². The third-order valence-corrected chi connectivity index (χ3v) is 4.18. The zero-order valence-corrected chi connectivity index (χ0v) is 15.6. The van der Waals surface area contributed by atoms with Gasteiger partial charge in [0.25, 0.3) is 0 Å². The van der Waals surface area contributed by atoms with Gasteiger partial charge in [0.1, 0.15) is 24.7 Å². The number of rotatable bonds is 6. The van der Waals surface area contributed by atoms with Crippen LogP contribution in [-0.2, 0) is 4.74 Å². The number of hydrogen-bond donors (Lipinski definition) is 1. The first kappa shape index (κ1) is 18.9. The van der Waals surface area contributed by atoms with Gasteiger partial charge < -0.3 is 14.2 Å². The molecule has 0 saturated heterocycles. The van der Waals surface area contributed by atoms with Gasteiger partial charge in [-0.2, -0.15) is 0 Å². The van der Waals surface area contributed by atoms with Crippen LogP contribution in [0, 0.1) is 20.8 Å². The summed E-state index contributed by atoms with van der Waals surface area (Å²) >= 11 is 6.12. The first-order chi connectivity index (χ1) is 11.9. The average Bonchev–Trinajstić information content (AvgIpc) is 2.56. The summed E-state index contributed by atoms with van der Waals surface area (Å²) in [6.07, 6.45) is -0.559. The number of methoxy groups -OCH3 is 1. The van der Waals surface area contributed by atoms with E-state index in [4.69, 9.17) is 25.8 Å². The maximum atomic E-state index is 11.9. The minimum absolute atomic E-state index is 0.126. The highest BCUT2D eigenvalue weighted by Gasteiger charge is 2.09. The second-order valence-electron chi connectivity index (χ2n) is 5.68. The number of carbonyl (C=O) groups excluding carboxylic acids is 1. The van der Waals surface area contributed by atoms with Crippen molar-refractivity contribution < 1.29 is 19.0 Å². The van der Waals surface area contributed by atoms with Crippen molar-refractivity contribution in [3.05, 3.63) is 52.0 Å². The van der Waals surface area contributed by atoms with E-state index in [0.29, 0.717) is 17.2 Å². The topological polar surface area (TPSA) is 56.8 Å². The largest absolute Gasteiger partial charge is 0.495 e. The predicted molar refractivity (Wildman–Crippen MR) is 99.1 cm³/mol. The van der Waals surface area contributed by atoms with Crippen molar-refractivity contribution in [2.75, 3.05) is 25.6 Å². The molecule has 0 bridgehead atoms. The molecule has 0 atom stereocenters. The molecular formula is C19H22ClNO4. The van der Waals surface area contributed by atoms with Gasteiger partial charge in [0, 0.05) is 5.02 Å². The van der Waals surface area contributed by atoms with Crippen LogP contribution in [0.4, 0.5) is 10.5 Å². The van der Waals surface area contributed by atoms with E-state index < -0.39 is 6.09 Å². The second kappa shape index (κ2) is 8.62. The smallest absolute Gasteiger partial charge is 0.411 e. The highest BCUT2D eigenvalue weighted by Crippen LogP contribution is 2.26. The van der Waals surface area contributed by atoms with Crippen molar-refractivity contribution >= 4 is 23.4 Å². The molecule has 2 rings (SSSR count). The fourth-order valence-corrected chi connectivity index (χ4v) is 2.46. The van der Waals surface area contributed by atoms with Gasteiger partial charge in [0.05, 0.1) is 12.8 Å². The molecule has 0 saturated carbocycles. The normalized spacial score (nSPS) is 10.3. The molecule has 0 radical (unpaired) electrons. The van der Waals surface area contributed by atoms with Crippen LogP contribution < -0.4 is 14.8 Å². The van der Waals surface area contributed by atoms with Crippen molar-refractivity contribution in [1.29, 1.82) is 0 Å². The lowest BCUT2D eigenvalue weighted by atomic mass is 10.1. The van der Waals surface area contributed by atoms with Gasteiger partial charge >= 0.3 is 6.09 Å². The van der Waals surface area contributed by atoms with Crippen LogP contribution in [0.15, 0.2) is 30.3 Å². The fraction of sp³-hybridized carbons (Fsp3) is 0.316. The van der Waals surface area contributed by atoms with Gasteiger partial charge in [-0.05, 0) is 61.7 Å². The molecule has 5 nitrogen and oxygen atoms in total. The Kier molecular flexibility index (Phi) is 6.53. The molecule has 0 aliphatic heterocycles. The number of aryl methyl sites for hydroxylation is 3. The molecule has 134 valence electrons. The number of ether oxygens (including phenoxy) is 3. The molecule has 0 unspecified atom stereocenters. The fourth-order valence-electron chi connectivity index (χ4n) is 2.35. The average molecular weight is 364 g/mol. The number of anilines is 1. The van der Waals surface area contributed by atoms with E-state index in [0.717, 1.165) is 21.7 Å². The maximum Gasteiger partial charge on any atom is 0.411 e. The summed E-state index contributed by atoms with van der Waals surface area (Å²) in [6.45, 7) is 6.14. The lowest BCUT2D eigenvalue weighted by molar-refractivity contribution is 0.137. The molecule has 6 heteroatoms. The van der Waals surface area contributed by atoms with Crippen molar-refractivity contribution in [1.82, 2.24) is 0 Å². The zero-order valence-electron chi connectivity index (χ0n) is 14.8. The van der Waals surface area contributed by atoms with Gasteiger partial charge in [-0.15, -0.1) is 0 Å². The van der Waals surface area contributed by atoms with E-state index in [1.54, 1.807) is 13.2 Å². The number of carbonyl (C=O) groups is 1. The Morgan fingerprint density at radius 3 is 2.40 bits per heavy atom. The van der Waals surface area contributed by atoms with Crippen LogP contribution in [0.2, 0.25) is 5.02 Å². The number of benzene rings is 2. The minimum atomic E-state index is -0.559. The Morgan fingerprint density at radius 2 is 1.76 bits per heavy atom. The van der Waals surface area contributed by atoms with E-state index in [9.17, 15) is 4.79 Å². The van der Waals surface area contributed by atoms with Gasteiger partial charge in [-0.25, -0.2) is 4.79 Å². The van der Waals surface area contributed by atoms with Crippen molar-refractivity contribution in [3.8, 4) is 11.5 Å². The molecule has 1 N–H and O–H groups in total. The molecule has 0 aliphatic rings. The SMILES string of the molecule is COc1ccc(C)cc1NC(=O)OCCOc1cc(C)c(Cl)c(C)c1. The van der Waals surface area contributed by atoms with Gasteiger partial charge in [0.15, 0.2) is 0 Å². The summed E-state index contributed by atoms with van der Waals surface area (Å²) in [5, 5.41) is 3.40. The summed E-state index contributed by atoms with van der Waals surface area (Å²) in [4.78, 5) is 11.9. The Morgan fingerprint density at radius 1 is 1.08 bits per heavy atom. The summed E-state index contributed by atoms with van der Waals surface area (Å²) in [5.74, 6) is 1.27. The number of hydrogen-bond acceptors (Lipinski definition) is 4. The van der Waals surface area contributed by atoms with Gasteiger partial charge in [-0.3, -0.25) is 5.32 Å². The quantitative estimate of drug-likeness (QED) is 0.741. The molecule has 0 fully saturated rings. The predicted octanol–water partition coefficient (Wildman–Crippen LogP) is 4.90. The molecule has 1 amide bonds. The van der Waals surface area contributed by atoms with Gasteiger partial charge in [0.2, 0.25) is 0 Å². The van der Waals surface area contributed by atoms with Crippen molar-refractivity contribution in [3.63, 3.8) is 0 Å². The van der Waals surface area contributed by atoms with E-state index in [-0.39, 0.29) is 13.2 Å². The Labute approximate surface area is 152 Å². The van der Waals surface area contributed by atoms with Gasteiger partial charge in [-0.1, -0.05) is 17.7 Å². The van der Waals surface area contributed by atoms with Crippen LogP contribution in [0.1, 0.15) is 16.7 Å². The summed E-state index contributed by atoms with van der Waals surface area (Å²) in [7, 11) is 1.55. The van der Waals surface area contributed by atoms with Crippen LogP contribution in [0.3, 0.4) is 0 Å². The molecule has 0 spiro atoms. The van der Waals surface area contributed by atoms with Crippen LogP contribution >= 0.6 is 11.6 Å². The van der Waals surface area contributed by atoms with Crippen molar-refractivity contribution in [2.24, 2.45) is 0 Å². The number of nitrogens with one attached hydrogen (secondary N) is 1. The molecule has 25 heavy (non-hydrogen) atoms. The monoisotopic (exact) mass is 363 g/mol. The number of amides is 1. The highest BCUT2D eigenvalue weighted by atomic mass is 35.5. The molecule has 2 aromatic carbocycles. The lowest BCUT2D eigenvalue weighted by Gasteiger charge is -2.12. The van der Waals surface area contributed by atoms with E-state index in [2.05, 4.69) is 5.32 Å². The third-order valence-electron chi connectivity index (χ3n) is 3.59. The second-order valence-corrected chi connectivity index (χ2v) is 6.06. The molecule has 0 aromatic heterocycles. The maximum absolute atomic E-state index is 11.9. The lowest BCUT2D eigenvalue weighted by Crippen LogP contribution is -2.18. The van der Waals surface area contributed by atoms with Crippen molar-refractivity contribution in [2.45, 2.75) is 20.8 Å². The number of halogens is 1. The Balaban J connectivity index is 1.82. The highest BCUT2D eigenvalue weighted by molar-refractivity contribution is 6.32. The first-order valence-corrected chi connectivity index (χ1v) is 8.26. The standard InChI is InChI=1S/C19H22ClNO4/c1-12-5-6-17(23-4)16(9-12)21-19(22)25-8-7-24-15-10-13(2)18(20)14(3)11-15/h5-6,9-11H,7-8H2,1-4H3,(H,21,22). The molecule has 2 aromatic rings. The summed E-state index contributed by atoms with van der Waals surface area (Å²) < 4.78 is 15.9. The summed E-state index contributed by atoms with van der Waals surface area (Å²) in [5.41, 5.74) is 3.47. The van der Waals surface area contributed by atoms with Crippen LogP contribution in [0.25, 0.3) is 0 Å². The Bertz CT molecular complexity index is 738. The van der Waals surface area contributed by atoms with E-state index >= 15 is 0 Å². The molecule has 0 aliphatic carbocycles. The Hall–Kier alpha value is -2.40. The van der Waals surface area contributed by atoms with E-state index in [1.165, 1.54) is 0 Å². The summed E-state index contributed by atoms with van der Waals surface area (Å²) in [6, 6.07) is 9.22. The van der Waals surface area contributed by atoms with Crippen LogP contribution in [0.5, 0.6) is 11.5 Å². The third kappa shape index (κ3) is 5.29. The molecular weight excluding hydrogens is 342 g/mol. The molecule has 0 heterocycles. The first-order valence-electron chi connectivity index (χ1n) is 7.88.